The first-order valence-corrected chi connectivity index (χ1v) is 8.34. The number of nitrogens with one attached hydrogen (secondary N) is 1. The van der Waals surface area contributed by atoms with Crippen LogP contribution in [-0.2, 0) is 11.3 Å². The Bertz CT molecular complexity index is 645. The number of thioether (sulfide) groups is 1. The summed E-state index contributed by atoms with van der Waals surface area (Å²) in [6.07, 6.45) is 3.78. The van der Waals surface area contributed by atoms with E-state index in [0.29, 0.717) is 13.1 Å². The molecule has 4 nitrogen and oxygen atoms in total. The molecule has 0 unspecified atom stereocenters. The molecule has 0 aliphatic heterocycles. The van der Waals surface area contributed by atoms with E-state index in [1.165, 1.54) is 0 Å². The molecule has 22 heavy (non-hydrogen) atoms. The molecule has 1 amide bonds. The molecule has 5 heteroatoms. The second-order valence-electron chi connectivity index (χ2n) is 5.19. The average Bonchev–Trinajstić information content (AvgIpc) is 2.50. The summed E-state index contributed by atoms with van der Waals surface area (Å²) in [5.74, 6) is -0.0161. The molecule has 0 spiro atoms. The number of pyridine rings is 1. The molecule has 1 heterocycles. The molecule has 0 saturated carbocycles. The predicted octanol–water partition coefficient (Wildman–Crippen LogP) is 3.18. The van der Waals surface area contributed by atoms with Crippen LogP contribution < -0.4 is 5.32 Å². The number of aromatic nitrogens is 1. The summed E-state index contributed by atoms with van der Waals surface area (Å²) < 4.78 is 0. The predicted molar refractivity (Wildman–Crippen MR) is 92.2 cm³/mol. The van der Waals surface area contributed by atoms with Crippen LogP contribution in [0.3, 0.4) is 0 Å². The number of amides is 1. The summed E-state index contributed by atoms with van der Waals surface area (Å²) in [6, 6.07) is 11.8. The van der Waals surface area contributed by atoms with E-state index >= 15 is 0 Å². The first kappa shape index (κ1) is 16.5. The van der Waals surface area contributed by atoms with Gasteiger partial charge in [-0.05, 0) is 44.0 Å². The van der Waals surface area contributed by atoms with E-state index in [4.69, 9.17) is 0 Å². The Labute approximate surface area is 135 Å². The van der Waals surface area contributed by atoms with Crippen LogP contribution in [-0.4, -0.2) is 35.6 Å². The Hall–Kier alpha value is -1.85. The van der Waals surface area contributed by atoms with Crippen molar-refractivity contribution in [3.05, 3.63) is 53.9 Å². The van der Waals surface area contributed by atoms with Gasteiger partial charge in [0.15, 0.2) is 0 Å². The topological polar surface area (TPSA) is 45.2 Å². The summed E-state index contributed by atoms with van der Waals surface area (Å²) in [5, 5.41) is 2.97. The molecule has 116 valence electrons. The number of para-hydroxylation sites is 1. The van der Waals surface area contributed by atoms with Crippen molar-refractivity contribution in [3.63, 3.8) is 0 Å². The Morgan fingerprint density at radius 2 is 2.05 bits per heavy atom. The van der Waals surface area contributed by atoms with Gasteiger partial charge < -0.3 is 5.32 Å². The maximum absolute atomic E-state index is 12.2. The standard InChI is InChI=1S/C17H21N3OS/c1-13-7-6-10-18-15(13)11-20(2)12-17(21)19-14-8-4-5-9-16(14)22-3/h4-10H,11-12H2,1-3H3,(H,19,21). The highest BCUT2D eigenvalue weighted by molar-refractivity contribution is 7.98. The highest BCUT2D eigenvalue weighted by Gasteiger charge is 2.10. The number of carbonyl (C=O) groups excluding carboxylic acids is 1. The molecule has 1 aromatic carbocycles. The summed E-state index contributed by atoms with van der Waals surface area (Å²) >= 11 is 1.62. The second kappa shape index (κ2) is 7.96. The molecule has 0 atom stereocenters. The van der Waals surface area contributed by atoms with E-state index in [0.717, 1.165) is 21.8 Å². The molecule has 2 aromatic rings. The molecular formula is C17H21N3OS. The molecule has 0 aliphatic rings. The van der Waals surface area contributed by atoms with Gasteiger partial charge in [-0.15, -0.1) is 11.8 Å². The quantitative estimate of drug-likeness (QED) is 0.832. The van der Waals surface area contributed by atoms with Gasteiger partial charge >= 0.3 is 0 Å². The van der Waals surface area contributed by atoms with E-state index in [1.807, 2.05) is 61.5 Å². The Morgan fingerprint density at radius 3 is 2.77 bits per heavy atom. The van der Waals surface area contributed by atoms with Crippen molar-refractivity contribution >= 4 is 23.4 Å². The first-order valence-electron chi connectivity index (χ1n) is 7.12. The molecule has 2 rings (SSSR count). The number of aryl methyl sites for hydroxylation is 1. The third-order valence-electron chi connectivity index (χ3n) is 3.33. The van der Waals surface area contributed by atoms with E-state index in [9.17, 15) is 4.79 Å². The van der Waals surface area contributed by atoms with Gasteiger partial charge in [0.2, 0.25) is 5.91 Å². The summed E-state index contributed by atoms with van der Waals surface area (Å²) in [7, 11) is 1.92. The van der Waals surface area contributed by atoms with Crippen molar-refractivity contribution in [1.82, 2.24) is 9.88 Å². The first-order chi connectivity index (χ1) is 10.6. The molecule has 0 aliphatic carbocycles. The zero-order chi connectivity index (χ0) is 15.9. The zero-order valence-electron chi connectivity index (χ0n) is 13.2. The lowest BCUT2D eigenvalue weighted by Crippen LogP contribution is -2.30. The van der Waals surface area contributed by atoms with Crippen LogP contribution in [0.5, 0.6) is 0 Å². The fraction of sp³-hybridized carbons (Fsp3) is 0.294. The lowest BCUT2D eigenvalue weighted by molar-refractivity contribution is -0.117. The van der Waals surface area contributed by atoms with E-state index in [1.54, 1.807) is 18.0 Å². The smallest absolute Gasteiger partial charge is 0.238 e. The average molecular weight is 315 g/mol. The van der Waals surface area contributed by atoms with Gasteiger partial charge in [-0.3, -0.25) is 14.7 Å². The number of nitrogens with zero attached hydrogens (tertiary/aromatic N) is 2. The molecule has 0 radical (unpaired) electrons. The van der Waals surface area contributed by atoms with Crippen molar-refractivity contribution in [2.75, 3.05) is 25.2 Å². The van der Waals surface area contributed by atoms with Crippen LogP contribution in [0.2, 0.25) is 0 Å². The van der Waals surface area contributed by atoms with Crippen LogP contribution in [0.1, 0.15) is 11.3 Å². The third kappa shape index (κ3) is 4.58. The number of carbonyl (C=O) groups is 1. The van der Waals surface area contributed by atoms with Gasteiger partial charge in [0, 0.05) is 17.6 Å². The van der Waals surface area contributed by atoms with Gasteiger partial charge in [0.1, 0.15) is 0 Å². The number of likely N-dealkylation sites (N-methyl/N-ethyl adjacent to an activating group) is 1. The van der Waals surface area contributed by atoms with Crippen molar-refractivity contribution in [2.24, 2.45) is 0 Å². The number of hydrogen-bond donors (Lipinski definition) is 1. The Morgan fingerprint density at radius 1 is 1.27 bits per heavy atom. The van der Waals surface area contributed by atoms with Crippen LogP contribution in [0, 0.1) is 6.92 Å². The van der Waals surface area contributed by atoms with Crippen LogP contribution in [0.4, 0.5) is 5.69 Å². The number of rotatable bonds is 6. The fourth-order valence-corrected chi connectivity index (χ4v) is 2.73. The van der Waals surface area contributed by atoms with Gasteiger partial charge in [0.25, 0.3) is 0 Å². The minimum absolute atomic E-state index is 0.0161. The van der Waals surface area contributed by atoms with Gasteiger partial charge in [0.05, 0.1) is 17.9 Å². The summed E-state index contributed by atoms with van der Waals surface area (Å²) in [5.41, 5.74) is 3.01. The van der Waals surface area contributed by atoms with Crippen molar-refractivity contribution in [3.8, 4) is 0 Å². The Kier molecular flexibility index (Phi) is 5.98. The fourth-order valence-electron chi connectivity index (χ4n) is 2.18. The largest absolute Gasteiger partial charge is 0.324 e. The monoisotopic (exact) mass is 315 g/mol. The SMILES string of the molecule is CSc1ccccc1NC(=O)CN(C)Cc1ncccc1C. The summed E-state index contributed by atoms with van der Waals surface area (Å²) in [4.78, 5) is 19.6. The van der Waals surface area contributed by atoms with E-state index in [-0.39, 0.29) is 5.91 Å². The van der Waals surface area contributed by atoms with E-state index in [2.05, 4.69) is 10.3 Å². The van der Waals surface area contributed by atoms with Crippen molar-refractivity contribution < 1.29 is 4.79 Å². The maximum Gasteiger partial charge on any atom is 0.238 e. The molecule has 0 fully saturated rings. The molecular weight excluding hydrogens is 294 g/mol. The van der Waals surface area contributed by atoms with Crippen LogP contribution in [0.25, 0.3) is 0 Å². The minimum Gasteiger partial charge on any atom is -0.324 e. The molecule has 0 bridgehead atoms. The van der Waals surface area contributed by atoms with Crippen molar-refractivity contribution in [2.45, 2.75) is 18.4 Å². The molecule has 0 saturated heterocycles. The van der Waals surface area contributed by atoms with Crippen LogP contribution >= 0.6 is 11.8 Å². The van der Waals surface area contributed by atoms with Gasteiger partial charge in [-0.1, -0.05) is 18.2 Å². The maximum atomic E-state index is 12.2. The van der Waals surface area contributed by atoms with Crippen molar-refractivity contribution in [1.29, 1.82) is 0 Å². The van der Waals surface area contributed by atoms with E-state index < -0.39 is 0 Å². The number of benzene rings is 1. The van der Waals surface area contributed by atoms with Gasteiger partial charge in [-0.2, -0.15) is 0 Å². The van der Waals surface area contributed by atoms with Crippen LogP contribution in [0.15, 0.2) is 47.5 Å². The lowest BCUT2D eigenvalue weighted by atomic mass is 10.2. The van der Waals surface area contributed by atoms with Gasteiger partial charge in [-0.25, -0.2) is 0 Å². The number of anilines is 1. The minimum atomic E-state index is -0.0161. The normalized spacial score (nSPS) is 10.7. The third-order valence-corrected chi connectivity index (χ3v) is 4.13. The zero-order valence-corrected chi connectivity index (χ0v) is 14.0. The molecule has 1 aromatic heterocycles. The lowest BCUT2D eigenvalue weighted by Gasteiger charge is -2.17. The summed E-state index contributed by atoms with van der Waals surface area (Å²) in [6.45, 7) is 3.02. The molecule has 1 N–H and O–H groups in total. The second-order valence-corrected chi connectivity index (χ2v) is 6.04. The Balaban J connectivity index is 1.93. The highest BCUT2D eigenvalue weighted by Crippen LogP contribution is 2.24. The number of hydrogen-bond acceptors (Lipinski definition) is 4. The highest BCUT2D eigenvalue weighted by atomic mass is 32.2.